The largest absolute Gasteiger partial charge is 0.434 e. The Morgan fingerprint density at radius 2 is 1.86 bits per heavy atom. The molecule has 188 valence electrons. The van der Waals surface area contributed by atoms with Crippen LogP contribution in [0.3, 0.4) is 0 Å². The molecule has 0 amide bonds. The fourth-order valence-corrected chi connectivity index (χ4v) is 4.93. The van der Waals surface area contributed by atoms with Crippen LogP contribution in [0.15, 0.2) is 55.0 Å². The van der Waals surface area contributed by atoms with Crippen molar-refractivity contribution < 1.29 is 18.3 Å². The SMILES string of the molecule is Cc1cc(-c2cnn(C)c2)c2c(c1OC(F)F)Cn1c(nc3ccc(-c4ccc(N)nc4)cc31)COC2. The third-order valence-electron chi connectivity index (χ3n) is 6.65. The Bertz CT molecular complexity index is 1620. The third-order valence-corrected chi connectivity index (χ3v) is 6.65. The summed E-state index contributed by atoms with van der Waals surface area (Å²) < 4.78 is 41.9. The third kappa shape index (κ3) is 4.19. The molecule has 0 aliphatic carbocycles. The van der Waals surface area contributed by atoms with Crippen LogP contribution < -0.4 is 10.5 Å². The van der Waals surface area contributed by atoms with Crippen molar-refractivity contribution in [2.24, 2.45) is 7.05 Å². The zero-order valence-corrected chi connectivity index (χ0v) is 20.3. The number of alkyl halides is 2. The van der Waals surface area contributed by atoms with Crippen LogP contribution in [0.4, 0.5) is 14.6 Å². The molecule has 37 heavy (non-hydrogen) atoms. The predicted molar refractivity (Wildman–Crippen MR) is 135 cm³/mol. The van der Waals surface area contributed by atoms with Crippen LogP contribution in [-0.4, -0.2) is 30.9 Å². The number of nitrogen functional groups attached to an aromatic ring is 1. The van der Waals surface area contributed by atoms with Gasteiger partial charge in [-0.05, 0) is 59.5 Å². The number of nitrogens with two attached hydrogens (primary N) is 1. The van der Waals surface area contributed by atoms with Crippen molar-refractivity contribution in [3.63, 3.8) is 0 Å². The van der Waals surface area contributed by atoms with E-state index in [1.807, 2.05) is 48.1 Å². The van der Waals surface area contributed by atoms with E-state index in [9.17, 15) is 8.78 Å². The zero-order valence-electron chi connectivity index (χ0n) is 20.3. The second-order valence-electron chi connectivity index (χ2n) is 9.09. The molecule has 0 unspecified atom stereocenters. The minimum atomic E-state index is -2.96. The molecule has 0 spiro atoms. The van der Waals surface area contributed by atoms with E-state index in [4.69, 9.17) is 20.2 Å². The maximum Gasteiger partial charge on any atom is 0.387 e. The molecular formula is C27H24F2N6O2. The number of fused-ring (bicyclic) bond motifs is 4. The molecule has 6 rings (SSSR count). The lowest BCUT2D eigenvalue weighted by atomic mass is 9.93. The summed E-state index contributed by atoms with van der Waals surface area (Å²) in [5, 5.41) is 4.29. The van der Waals surface area contributed by atoms with Gasteiger partial charge < -0.3 is 19.8 Å². The van der Waals surface area contributed by atoms with Crippen LogP contribution in [0, 0.1) is 6.92 Å². The molecule has 0 saturated heterocycles. The number of imidazole rings is 1. The van der Waals surface area contributed by atoms with Gasteiger partial charge in [-0.2, -0.15) is 13.9 Å². The molecule has 0 bridgehead atoms. The minimum Gasteiger partial charge on any atom is -0.434 e. The van der Waals surface area contributed by atoms with Gasteiger partial charge in [0, 0.05) is 36.1 Å². The van der Waals surface area contributed by atoms with Crippen molar-refractivity contribution in [2.75, 3.05) is 5.73 Å². The molecule has 10 heteroatoms. The second kappa shape index (κ2) is 8.97. The van der Waals surface area contributed by atoms with Crippen LogP contribution in [0.1, 0.15) is 22.5 Å². The van der Waals surface area contributed by atoms with Crippen molar-refractivity contribution in [1.82, 2.24) is 24.3 Å². The van der Waals surface area contributed by atoms with Gasteiger partial charge in [-0.3, -0.25) is 4.68 Å². The number of pyridine rings is 1. The number of hydrogen-bond acceptors (Lipinski definition) is 6. The Morgan fingerprint density at radius 3 is 2.59 bits per heavy atom. The highest BCUT2D eigenvalue weighted by Gasteiger charge is 2.25. The van der Waals surface area contributed by atoms with Gasteiger partial charge in [0.15, 0.2) is 0 Å². The van der Waals surface area contributed by atoms with Crippen molar-refractivity contribution in [3.8, 4) is 28.0 Å². The lowest BCUT2D eigenvalue weighted by Gasteiger charge is -2.24. The zero-order chi connectivity index (χ0) is 25.7. The first-order valence-corrected chi connectivity index (χ1v) is 11.8. The molecule has 3 aromatic heterocycles. The molecule has 4 heterocycles. The van der Waals surface area contributed by atoms with E-state index in [2.05, 4.69) is 10.1 Å². The van der Waals surface area contributed by atoms with Crippen molar-refractivity contribution in [1.29, 1.82) is 0 Å². The number of benzene rings is 2. The Labute approximate surface area is 211 Å². The summed E-state index contributed by atoms with van der Waals surface area (Å²) in [6.45, 7) is -0.382. The molecule has 0 saturated carbocycles. The van der Waals surface area contributed by atoms with Crippen molar-refractivity contribution in [2.45, 2.75) is 33.3 Å². The summed E-state index contributed by atoms with van der Waals surface area (Å²) in [7, 11) is 1.84. The molecule has 1 aliphatic rings. The van der Waals surface area contributed by atoms with Gasteiger partial charge in [0.2, 0.25) is 0 Å². The molecule has 0 atom stereocenters. The summed E-state index contributed by atoms with van der Waals surface area (Å²) in [6, 6.07) is 11.4. The van der Waals surface area contributed by atoms with Crippen LogP contribution in [0.25, 0.3) is 33.3 Å². The standard InChI is InChI=1S/C27H24F2N6O2/c1-15-7-19(18-10-32-34(2)11-18)21-13-36-14-25-33-22-5-3-16(17-4-6-24(30)31-9-17)8-23(22)35(25)12-20(21)26(15)37-27(28)29/h3-11,27H,12-14H2,1-2H3,(H2,30,31). The maximum atomic E-state index is 13.5. The lowest BCUT2D eigenvalue weighted by Crippen LogP contribution is -2.17. The van der Waals surface area contributed by atoms with Crippen LogP contribution in [-0.2, 0) is 31.5 Å². The van der Waals surface area contributed by atoms with Gasteiger partial charge in [0.05, 0.1) is 30.4 Å². The Hall–Kier alpha value is -4.31. The molecular weight excluding hydrogens is 478 g/mol. The summed E-state index contributed by atoms with van der Waals surface area (Å²) in [6.07, 6.45) is 5.37. The van der Waals surface area contributed by atoms with E-state index in [0.717, 1.165) is 38.9 Å². The summed E-state index contributed by atoms with van der Waals surface area (Å²) in [5.41, 5.74) is 13.0. The van der Waals surface area contributed by atoms with E-state index in [0.29, 0.717) is 29.3 Å². The van der Waals surface area contributed by atoms with Gasteiger partial charge in [0.25, 0.3) is 0 Å². The Balaban J connectivity index is 1.54. The van der Waals surface area contributed by atoms with E-state index in [1.165, 1.54) is 0 Å². The highest BCUT2D eigenvalue weighted by molar-refractivity contribution is 5.83. The van der Waals surface area contributed by atoms with Crippen molar-refractivity contribution >= 4 is 16.9 Å². The predicted octanol–water partition coefficient (Wildman–Crippen LogP) is 5.07. The monoisotopic (exact) mass is 502 g/mol. The number of aryl methyl sites for hydroxylation is 2. The average Bonchev–Trinajstić information content (AvgIpc) is 3.43. The van der Waals surface area contributed by atoms with Crippen LogP contribution >= 0.6 is 0 Å². The molecule has 5 aromatic rings. The van der Waals surface area contributed by atoms with Gasteiger partial charge in [-0.15, -0.1) is 0 Å². The highest BCUT2D eigenvalue weighted by Crippen LogP contribution is 2.39. The molecule has 2 N–H and O–H groups in total. The number of nitrogens with zero attached hydrogens (tertiary/aromatic N) is 5. The highest BCUT2D eigenvalue weighted by atomic mass is 19.3. The second-order valence-corrected chi connectivity index (χ2v) is 9.09. The smallest absolute Gasteiger partial charge is 0.387 e. The normalized spacial score (nSPS) is 13.3. The molecule has 2 aromatic carbocycles. The first-order valence-electron chi connectivity index (χ1n) is 11.8. The van der Waals surface area contributed by atoms with Gasteiger partial charge in [0.1, 0.15) is 24.0 Å². The summed E-state index contributed by atoms with van der Waals surface area (Å²) >= 11 is 0. The van der Waals surface area contributed by atoms with Crippen LogP contribution in [0.5, 0.6) is 5.75 Å². The number of ether oxygens (including phenoxy) is 2. The number of aromatic nitrogens is 5. The number of anilines is 1. The minimum absolute atomic E-state index is 0.162. The molecule has 0 radical (unpaired) electrons. The van der Waals surface area contributed by atoms with Gasteiger partial charge in [-0.1, -0.05) is 6.07 Å². The first-order chi connectivity index (χ1) is 17.9. The Kier molecular flexibility index (Phi) is 5.60. The Morgan fingerprint density at radius 1 is 1.03 bits per heavy atom. The molecule has 0 fully saturated rings. The number of hydrogen-bond donors (Lipinski definition) is 1. The van der Waals surface area contributed by atoms with Gasteiger partial charge in [-0.25, -0.2) is 9.97 Å². The van der Waals surface area contributed by atoms with Gasteiger partial charge >= 0.3 is 6.61 Å². The lowest BCUT2D eigenvalue weighted by molar-refractivity contribution is -0.0511. The molecule has 8 nitrogen and oxygen atoms in total. The summed E-state index contributed by atoms with van der Waals surface area (Å²) in [5.74, 6) is 1.31. The number of halogens is 2. The van der Waals surface area contributed by atoms with E-state index in [1.54, 1.807) is 30.1 Å². The summed E-state index contributed by atoms with van der Waals surface area (Å²) in [4.78, 5) is 8.97. The van der Waals surface area contributed by atoms with Crippen molar-refractivity contribution in [3.05, 3.63) is 77.5 Å². The fraction of sp³-hybridized carbons (Fsp3) is 0.222. The van der Waals surface area contributed by atoms with E-state index < -0.39 is 6.61 Å². The topological polar surface area (TPSA) is 93.0 Å². The quantitative estimate of drug-likeness (QED) is 0.369. The van der Waals surface area contributed by atoms with E-state index in [-0.39, 0.29) is 19.0 Å². The molecule has 1 aliphatic heterocycles. The van der Waals surface area contributed by atoms with Crippen LogP contribution in [0.2, 0.25) is 0 Å². The average molecular weight is 503 g/mol. The maximum absolute atomic E-state index is 13.5. The van der Waals surface area contributed by atoms with E-state index >= 15 is 0 Å². The number of rotatable bonds is 4. The first kappa shape index (κ1) is 23.1. The fourth-order valence-electron chi connectivity index (χ4n) is 4.93.